The van der Waals surface area contributed by atoms with Crippen molar-refractivity contribution in [3.8, 4) is 0 Å². The van der Waals surface area contributed by atoms with Crippen LogP contribution in [0.3, 0.4) is 0 Å². The van der Waals surface area contributed by atoms with E-state index in [1.165, 1.54) is 0 Å². The van der Waals surface area contributed by atoms with Crippen LogP contribution in [-0.2, 0) is 49.3 Å². The van der Waals surface area contributed by atoms with Gasteiger partial charge in [0.2, 0.25) is 0 Å². The van der Waals surface area contributed by atoms with Gasteiger partial charge in [0.1, 0.15) is 0 Å². The first kappa shape index (κ1) is 28.9. The van der Waals surface area contributed by atoms with Crippen molar-refractivity contribution in [3.63, 3.8) is 0 Å². The van der Waals surface area contributed by atoms with Crippen LogP contribution >= 0.6 is 0 Å². The average Bonchev–Trinajstić information content (AvgIpc) is 2.68. The fourth-order valence-corrected chi connectivity index (χ4v) is 6.38. The van der Waals surface area contributed by atoms with E-state index < -0.39 is 29.0 Å². The van der Waals surface area contributed by atoms with Crippen molar-refractivity contribution in [3.05, 3.63) is 0 Å². The standard InChI is InChI=1S/3C7H15O2.Y/c3*1-3-5-7(8)9-6-4-2;/h3*7H,3-6H2,1-2H3;/q3*-1;+3. The van der Waals surface area contributed by atoms with Crippen molar-refractivity contribution >= 4 is 0 Å². The summed E-state index contributed by atoms with van der Waals surface area (Å²) < 4.78 is 36.6. The summed E-state index contributed by atoms with van der Waals surface area (Å²) in [5.41, 5.74) is 0. The predicted molar refractivity (Wildman–Crippen MR) is 108 cm³/mol. The molecule has 0 aliphatic rings. The van der Waals surface area contributed by atoms with Crippen LogP contribution in [0.4, 0.5) is 0 Å². The average molecular weight is 482 g/mol. The number of hydrogen-bond donors (Lipinski definition) is 0. The maximum absolute atomic E-state index is 6.29. The van der Waals surface area contributed by atoms with Crippen molar-refractivity contribution in [1.82, 2.24) is 0 Å². The van der Waals surface area contributed by atoms with Gasteiger partial charge >= 0.3 is 187 Å². The Kier molecular flexibility index (Phi) is 21.8. The van der Waals surface area contributed by atoms with E-state index in [2.05, 4.69) is 41.5 Å². The molecule has 0 aliphatic heterocycles. The van der Waals surface area contributed by atoms with Gasteiger partial charge in [0.25, 0.3) is 0 Å². The van der Waals surface area contributed by atoms with Gasteiger partial charge in [-0.25, -0.2) is 0 Å². The van der Waals surface area contributed by atoms with E-state index in [9.17, 15) is 0 Å². The molecule has 0 heterocycles. The molecular weight excluding hydrogens is 437 g/mol. The van der Waals surface area contributed by atoms with Gasteiger partial charge in [0.15, 0.2) is 0 Å². The maximum atomic E-state index is 6.29. The second-order valence-corrected chi connectivity index (χ2v) is 10.4. The molecule has 0 bridgehead atoms. The van der Waals surface area contributed by atoms with Gasteiger partial charge in [-0.3, -0.25) is 0 Å². The fraction of sp³-hybridized carbons (Fsp3) is 1.00. The third kappa shape index (κ3) is 15.7. The molecule has 0 radical (unpaired) electrons. The molecule has 7 heteroatoms. The molecule has 28 heavy (non-hydrogen) atoms. The first-order chi connectivity index (χ1) is 13.6. The molecule has 0 rings (SSSR count). The molecule has 0 aliphatic carbocycles. The zero-order valence-corrected chi connectivity index (χ0v) is 22.1. The van der Waals surface area contributed by atoms with Crippen LogP contribution in [0.25, 0.3) is 0 Å². The van der Waals surface area contributed by atoms with Crippen LogP contribution in [0.2, 0.25) is 0 Å². The Hall–Kier alpha value is 0.864. The minimum absolute atomic E-state index is 0.271. The monoisotopic (exact) mass is 482 g/mol. The first-order valence-electron chi connectivity index (χ1n) is 11.5. The molecule has 0 fully saturated rings. The van der Waals surface area contributed by atoms with Gasteiger partial charge in [0, 0.05) is 0 Å². The molecule has 0 saturated heterocycles. The predicted octanol–water partition coefficient (Wildman–Crippen LogP) is 6.06. The summed E-state index contributed by atoms with van der Waals surface area (Å²) in [6.45, 7) is 14.7. The van der Waals surface area contributed by atoms with E-state index in [0.717, 1.165) is 57.8 Å². The normalized spacial score (nSPS) is 14.8. The summed E-state index contributed by atoms with van der Waals surface area (Å²) in [6, 6.07) is 0. The van der Waals surface area contributed by atoms with Crippen molar-refractivity contribution < 1.29 is 49.3 Å². The van der Waals surface area contributed by atoms with E-state index in [4.69, 9.17) is 20.4 Å². The van der Waals surface area contributed by atoms with Crippen molar-refractivity contribution in [2.24, 2.45) is 0 Å². The Labute approximate surface area is 186 Å². The summed E-state index contributed by atoms with van der Waals surface area (Å²) >= 11 is -3.34. The third-order valence-electron chi connectivity index (χ3n) is 3.89. The summed E-state index contributed by atoms with van der Waals surface area (Å²) in [7, 11) is 0. The van der Waals surface area contributed by atoms with Crippen LogP contribution in [-0.4, -0.2) is 38.7 Å². The molecule has 0 saturated carbocycles. The molecule has 0 aromatic rings. The molecule has 0 spiro atoms. The van der Waals surface area contributed by atoms with Crippen LogP contribution in [0.5, 0.6) is 0 Å². The topological polar surface area (TPSA) is 55.4 Å². The van der Waals surface area contributed by atoms with Crippen molar-refractivity contribution in [2.75, 3.05) is 19.8 Å². The molecule has 168 valence electrons. The molecule has 3 atom stereocenters. The molecular formula is C21H45O6Y. The van der Waals surface area contributed by atoms with Crippen LogP contribution in [0, 0.1) is 0 Å². The fourth-order valence-electron chi connectivity index (χ4n) is 2.49. The SMILES string of the molecule is CCCOC(CCC)[O][Y]([O]C(CCC)OCCC)[O]C(CCC)OCCC. The van der Waals surface area contributed by atoms with Gasteiger partial charge < -0.3 is 0 Å². The molecule has 0 aromatic heterocycles. The Morgan fingerprint density at radius 2 is 0.750 bits per heavy atom. The van der Waals surface area contributed by atoms with Gasteiger partial charge in [-0.2, -0.15) is 0 Å². The number of ether oxygens (including phenoxy) is 3. The third-order valence-corrected chi connectivity index (χ3v) is 7.76. The van der Waals surface area contributed by atoms with Gasteiger partial charge in [-0.15, -0.1) is 0 Å². The Morgan fingerprint density at radius 3 is 0.964 bits per heavy atom. The summed E-state index contributed by atoms with van der Waals surface area (Å²) in [5, 5.41) is 0. The molecule has 0 aromatic carbocycles. The molecule has 0 N–H and O–H groups in total. The van der Waals surface area contributed by atoms with Crippen LogP contribution in [0.1, 0.15) is 99.3 Å². The Morgan fingerprint density at radius 1 is 0.464 bits per heavy atom. The van der Waals surface area contributed by atoms with Crippen molar-refractivity contribution in [2.45, 2.75) is 118 Å². The molecule has 6 nitrogen and oxygen atoms in total. The second-order valence-electron chi connectivity index (χ2n) is 6.96. The van der Waals surface area contributed by atoms with E-state index in [1.54, 1.807) is 0 Å². The van der Waals surface area contributed by atoms with Crippen LogP contribution in [0.15, 0.2) is 0 Å². The summed E-state index contributed by atoms with van der Waals surface area (Å²) in [5.74, 6) is 0. The summed E-state index contributed by atoms with van der Waals surface area (Å²) in [4.78, 5) is 0. The minimum atomic E-state index is -3.34. The quantitative estimate of drug-likeness (QED) is 0.186. The zero-order chi connectivity index (χ0) is 21.0. The molecule has 0 amide bonds. The van der Waals surface area contributed by atoms with E-state index >= 15 is 0 Å². The van der Waals surface area contributed by atoms with Gasteiger partial charge in [-0.05, 0) is 0 Å². The summed E-state index contributed by atoms with van der Waals surface area (Å²) in [6.07, 6.45) is 7.54. The van der Waals surface area contributed by atoms with Gasteiger partial charge in [-0.1, -0.05) is 0 Å². The number of rotatable bonds is 21. The molecule has 3 unspecified atom stereocenters. The number of hydrogen-bond acceptors (Lipinski definition) is 6. The second kappa shape index (κ2) is 21.1. The van der Waals surface area contributed by atoms with Gasteiger partial charge in [0.05, 0.1) is 0 Å². The van der Waals surface area contributed by atoms with Crippen LogP contribution < -0.4 is 0 Å². The zero-order valence-electron chi connectivity index (χ0n) is 19.2. The first-order valence-corrected chi connectivity index (χ1v) is 14.9. The van der Waals surface area contributed by atoms with E-state index in [1.807, 2.05) is 0 Å². The van der Waals surface area contributed by atoms with E-state index in [-0.39, 0.29) is 18.9 Å². The van der Waals surface area contributed by atoms with Crippen molar-refractivity contribution in [1.29, 1.82) is 0 Å². The Bertz CT molecular complexity index is 274. The Balaban J connectivity index is 5.10. The van der Waals surface area contributed by atoms with E-state index in [0.29, 0.717) is 19.8 Å².